The van der Waals surface area contributed by atoms with Gasteiger partial charge in [0.2, 0.25) is 0 Å². The van der Waals surface area contributed by atoms with Crippen molar-refractivity contribution in [1.29, 1.82) is 0 Å². The summed E-state index contributed by atoms with van der Waals surface area (Å²) in [7, 11) is 2.11. The average Bonchev–Trinajstić information content (AvgIpc) is 1.87. The van der Waals surface area contributed by atoms with Crippen LogP contribution in [-0.2, 0) is 14.1 Å². The Kier molecular flexibility index (Phi) is 6.09. The van der Waals surface area contributed by atoms with E-state index < -0.39 is 0 Å². The van der Waals surface area contributed by atoms with Crippen molar-refractivity contribution < 1.29 is 14.1 Å². The molecule has 4 heteroatoms. The number of hydrogen-bond acceptors (Lipinski definition) is 3. The predicted octanol–water partition coefficient (Wildman–Crippen LogP) is 1.30. The summed E-state index contributed by atoms with van der Waals surface area (Å²) in [5.74, 6) is -0.293. The van der Waals surface area contributed by atoms with Crippen molar-refractivity contribution >= 4 is 15.4 Å². The Hall–Kier alpha value is -0.400. The SMILES string of the molecule is C=CCC(COP)OC(C)=O. The van der Waals surface area contributed by atoms with Gasteiger partial charge >= 0.3 is 5.97 Å². The highest BCUT2D eigenvalue weighted by Crippen LogP contribution is 2.02. The molecule has 0 N–H and O–H groups in total. The molecule has 2 atom stereocenters. The maximum absolute atomic E-state index is 10.5. The lowest BCUT2D eigenvalue weighted by Gasteiger charge is -2.13. The summed E-state index contributed by atoms with van der Waals surface area (Å²) in [6.07, 6.45) is 2.10. The van der Waals surface area contributed by atoms with Crippen LogP contribution in [0, 0.1) is 0 Å². The first-order chi connectivity index (χ1) is 5.20. The second-order valence-electron chi connectivity index (χ2n) is 2.09. The van der Waals surface area contributed by atoms with Crippen molar-refractivity contribution in [2.24, 2.45) is 0 Å². The monoisotopic (exact) mass is 176 g/mol. The molecule has 0 radical (unpaired) electrons. The predicted molar refractivity (Wildman–Crippen MR) is 46.0 cm³/mol. The minimum atomic E-state index is -0.293. The van der Waals surface area contributed by atoms with Gasteiger partial charge in [-0.3, -0.25) is 4.79 Å². The van der Waals surface area contributed by atoms with Crippen LogP contribution >= 0.6 is 9.47 Å². The van der Waals surface area contributed by atoms with Gasteiger partial charge in [0, 0.05) is 22.8 Å². The molecule has 0 saturated heterocycles. The molecule has 0 amide bonds. The van der Waals surface area contributed by atoms with Gasteiger partial charge in [0.05, 0.1) is 6.61 Å². The molecule has 3 nitrogen and oxygen atoms in total. The van der Waals surface area contributed by atoms with Crippen LogP contribution in [0.5, 0.6) is 0 Å². The molecule has 0 heterocycles. The van der Waals surface area contributed by atoms with Crippen LogP contribution in [-0.4, -0.2) is 18.7 Å². The van der Waals surface area contributed by atoms with Gasteiger partial charge in [0.25, 0.3) is 0 Å². The first kappa shape index (κ1) is 10.6. The Bertz CT molecular complexity index is 136. The van der Waals surface area contributed by atoms with Gasteiger partial charge in [-0.15, -0.1) is 6.58 Å². The second kappa shape index (κ2) is 6.32. The molecule has 0 rings (SSSR count). The van der Waals surface area contributed by atoms with Crippen molar-refractivity contribution in [3.63, 3.8) is 0 Å². The highest BCUT2D eigenvalue weighted by Gasteiger charge is 2.08. The summed E-state index contributed by atoms with van der Waals surface area (Å²) in [5, 5.41) is 0. The molecule has 2 unspecified atom stereocenters. The Labute approximate surface area is 69.0 Å². The molecule has 0 bridgehead atoms. The van der Waals surface area contributed by atoms with Gasteiger partial charge in [0.1, 0.15) is 6.10 Å². The van der Waals surface area contributed by atoms with E-state index in [1.54, 1.807) is 6.08 Å². The summed E-state index contributed by atoms with van der Waals surface area (Å²) in [6.45, 7) is 5.30. The molecular formula is C7H13O3P. The van der Waals surface area contributed by atoms with Crippen LogP contribution in [0.25, 0.3) is 0 Å². The summed E-state index contributed by atoms with van der Waals surface area (Å²) in [5.41, 5.74) is 0. The van der Waals surface area contributed by atoms with E-state index in [4.69, 9.17) is 9.26 Å². The molecule has 64 valence electrons. The first-order valence-corrected chi connectivity index (χ1v) is 3.77. The Morgan fingerprint density at radius 2 is 2.45 bits per heavy atom. The van der Waals surface area contributed by atoms with E-state index in [9.17, 15) is 4.79 Å². The molecule has 11 heavy (non-hydrogen) atoms. The van der Waals surface area contributed by atoms with Crippen LogP contribution in [0.15, 0.2) is 12.7 Å². The molecule has 0 aliphatic heterocycles. The van der Waals surface area contributed by atoms with E-state index >= 15 is 0 Å². The highest BCUT2D eigenvalue weighted by molar-refractivity contribution is 7.09. The largest absolute Gasteiger partial charge is 0.460 e. The average molecular weight is 176 g/mol. The lowest BCUT2D eigenvalue weighted by Crippen LogP contribution is -2.19. The van der Waals surface area contributed by atoms with Gasteiger partial charge in [-0.2, -0.15) is 0 Å². The number of rotatable bonds is 5. The number of ether oxygens (including phenoxy) is 1. The van der Waals surface area contributed by atoms with Crippen molar-refractivity contribution in [3.8, 4) is 0 Å². The van der Waals surface area contributed by atoms with Gasteiger partial charge < -0.3 is 9.26 Å². The highest BCUT2D eigenvalue weighted by atomic mass is 31.0. The molecule has 0 aliphatic rings. The van der Waals surface area contributed by atoms with E-state index in [-0.39, 0.29) is 12.1 Å². The van der Waals surface area contributed by atoms with Crippen LogP contribution in [0.4, 0.5) is 0 Å². The van der Waals surface area contributed by atoms with Gasteiger partial charge in [-0.1, -0.05) is 6.08 Å². The van der Waals surface area contributed by atoms with Crippen LogP contribution in [0.3, 0.4) is 0 Å². The minimum absolute atomic E-state index is 0.206. The zero-order valence-electron chi connectivity index (χ0n) is 6.58. The fraction of sp³-hybridized carbons (Fsp3) is 0.571. The van der Waals surface area contributed by atoms with Gasteiger partial charge in [-0.25, -0.2) is 0 Å². The Balaban J connectivity index is 3.67. The van der Waals surface area contributed by atoms with Gasteiger partial charge in [0.15, 0.2) is 0 Å². The third kappa shape index (κ3) is 6.02. The standard InChI is InChI=1S/C7H13O3P/c1-3-4-7(5-9-11)10-6(2)8/h3,7H,1,4-5,11H2,2H3. The normalized spacial score (nSPS) is 12.2. The van der Waals surface area contributed by atoms with Crippen LogP contribution < -0.4 is 0 Å². The Morgan fingerprint density at radius 1 is 1.82 bits per heavy atom. The number of esters is 1. The van der Waals surface area contributed by atoms with E-state index in [0.717, 1.165) is 0 Å². The molecule has 0 saturated carbocycles. The second-order valence-corrected chi connectivity index (χ2v) is 2.42. The molecule has 0 aromatic carbocycles. The molecule has 0 fully saturated rings. The van der Waals surface area contributed by atoms with Gasteiger partial charge in [-0.05, 0) is 0 Å². The maximum atomic E-state index is 10.5. The number of hydrogen-bond donors (Lipinski definition) is 0. The topological polar surface area (TPSA) is 35.5 Å². The van der Waals surface area contributed by atoms with Crippen LogP contribution in [0.1, 0.15) is 13.3 Å². The van der Waals surface area contributed by atoms with E-state index in [1.807, 2.05) is 0 Å². The molecule has 0 aliphatic carbocycles. The molecule has 0 spiro atoms. The van der Waals surface area contributed by atoms with Crippen molar-refractivity contribution in [2.45, 2.75) is 19.4 Å². The third-order valence-electron chi connectivity index (χ3n) is 1.04. The molecular weight excluding hydrogens is 163 g/mol. The third-order valence-corrected chi connectivity index (χ3v) is 1.24. The zero-order valence-corrected chi connectivity index (χ0v) is 7.73. The Morgan fingerprint density at radius 3 is 2.82 bits per heavy atom. The van der Waals surface area contributed by atoms with Crippen molar-refractivity contribution in [3.05, 3.63) is 12.7 Å². The smallest absolute Gasteiger partial charge is 0.302 e. The fourth-order valence-corrected chi connectivity index (χ4v) is 0.893. The minimum Gasteiger partial charge on any atom is -0.460 e. The summed E-state index contributed by atoms with van der Waals surface area (Å²) >= 11 is 0. The summed E-state index contributed by atoms with van der Waals surface area (Å²) in [4.78, 5) is 10.5. The van der Waals surface area contributed by atoms with Crippen molar-refractivity contribution in [2.75, 3.05) is 6.61 Å². The quantitative estimate of drug-likeness (QED) is 0.360. The molecule has 0 aromatic heterocycles. The maximum Gasteiger partial charge on any atom is 0.302 e. The fourth-order valence-electron chi connectivity index (χ4n) is 0.678. The summed E-state index contributed by atoms with van der Waals surface area (Å²) < 4.78 is 9.63. The van der Waals surface area contributed by atoms with E-state index in [2.05, 4.69) is 16.0 Å². The van der Waals surface area contributed by atoms with Crippen LogP contribution in [0.2, 0.25) is 0 Å². The molecule has 0 aromatic rings. The van der Waals surface area contributed by atoms with E-state index in [1.165, 1.54) is 6.92 Å². The van der Waals surface area contributed by atoms with E-state index in [0.29, 0.717) is 13.0 Å². The lowest BCUT2D eigenvalue weighted by atomic mass is 10.3. The first-order valence-electron chi connectivity index (χ1n) is 3.30. The summed E-state index contributed by atoms with van der Waals surface area (Å²) in [6, 6.07) is 0. The number of carbonyl (C=O) groups excluding carboxylic acids is 1. The zero-order chi connectivity index (χ0) is 8.69. The van der Waals surface area contributed by atoms with Crippen molar-refractivity contribution in [1.82, 2.24) is 0 Å². The number of carbonyl (C=O) groups is 1. The lowest BCUT2D eigenvalue weighted by molar-refractivity contribution is -0.147.